The Bertz CT molecular complexity index is 1140. The summed E-state index contributed by atoms with van der Waals surface area (Å²) in [6, 6.07) is 14.3. The highest BCUT2D eigenvalue weighted by molar-refractivity contribution is 5.99. The lowest BCUT2D eigenvalue weighted by Crippen LogP contribution is -2.22. The van der Waals surface area contributed by atoms with Gasteiger partial charge in [0.05, 0.1) is 23.4 Å². The van der Waals surface area contributed by atoms with Crippen molar-refractivity contribution in [2.75, 3.05) is 6.61 Å². The van der Waals surface area contributed by atoms with Gasteiger partial charge < -0.3 is 14.9 Å². The van der Waals surface area contributed by atoms with E-state index in [1.165, 1.54) is 19.1 Å². The topological polar surface area (TPSA) is 79.7 Å². The molecule has 4 rings (SSSR count). The summed E-state index contributed by atoms with van der Waals surface area (Å²) in [5, 5.41) is 21.4. The molecule has 0 unspecified atom stereocenters. The number of esters is 1. The molecule has 3 aromatic rings. The number of ether oxygens (including phenoxy) is 1. The highest BCUT2D eigenvalue weighted by atomic mass is 19.1. The third kappa shape index (κ3) is 5.21. The molecule has 5 nitrogen and oxygen atoms in total. The second kappa shape index (κ2) is 9.59. The maximum atomic E-state index is 13.6. The van der Waals surface area contributed by atoms with E-state index in [9.17, 15) is 19.4 Å². The smallest absolute Gasteiger partial charge is 0.302 e. The number of hydrogen-bond acceptors (Lipinski definition) is 5. The first-order valence-electron chi connectivity index (χ1n) is 10.8. The predicted octanol–water partition coefficient (Wildman–Crippen LogP) is 4.61. The minimum Gasteiger partial charge on any atom is -0.463 e. The van der Waals surface area contributed by atoms with E-state index in [0.717, 1.165) is 46.1 Å². The maximum Gasteiger partial charge on any atom is 0.302 e. The highest BCUT2D eigenvalue weighted by Crippen LogP contribution is 2.45. The van der Waals surface area contributed by atoms with Crippen LogP contribution in [0.2, 0.25) is 0 Å². The molecule has 0 saturated heterocycles. The highest BCUT2D eigenvalue weighted by Gasteiger charge is 2.29. The van der Waals surface area contributed by atoms with Crippen LogP contribution in [0.25, 0.3) is 28.1 Å². The first kappa shape index (κ1) is 22.1. The SMILES string of the molecule is CC(=O)OC[C@H](O)C[C@H](O)/C=C/c1c(C2CC2)nc2ccccc2c1-c1ccc(F)cc1. The molecule has 2 aromatic carbocycles. The number of aliphatic hydroxyl groups excluding tert-OH is 2. The maximum absolute atomic E-state index is 13.6. The molecule has 166 valence electrons. The third-order valence-corrected chi connectivity index (χ3v) is 5.53. The van der Waals surface area contributed by atoms with E-state index in [1.54, 1.807) is 18.2 Å². The van der Waals surface area contributed by atoms with Gasteiger partial charge in [-0.1, -0.05) is 42.5 Å². The van der Waals surface area contributed by atoms with Crippen molar-refractivity contribution in [3.05, 3.63) is 71.7 Å². The summed E-state index contributed by atoms with van der Waals surface area (Å²) in [5.74, 6) is -0.428. The second-order valence-electron chi connectivity index (χ2n) is 8.20. The number of benzene rings is 2. The molecule has 1 fully saturated rings. The summed E-state index contributed by atoms with van der Waals surface area (Å²) in [6.45, 7) is 1.11. The number of aliphatic hydroxyl groups is 2. The van der Waals surface area contributed by atoms with Gasteiger partial charge in [0.2, 0.25) is 0 Å². The van der Waals surface area contributed by atoms with Crippen molar-refractivity contribution in [2.24, 2.45) is 0 Å². The Hall–Kier alpha value is -3.09. The van der Waals surface area contributed by atoms with Crippen LogP contribution in [0, 0.1) is 5.82 Å². The fraction of sp³-hybridized carbons (Fsp3) is 0.308. The molecule has 0 aliphatic heterocycles. The number of pyridine rings is 1. The summed E-state index contributed by atoms with van der Waals surface area (Å²) in [4.78, 5) is 15.8. The van der Waals surface area contributed by atoms with Crippen molar-refractivity contribution < 1.29 is 24.1 Å². The molecule has 0 spiro atoms. The van der Waals surface area contributed by atoms with Crippen LogP contribution in [0.1, 0.15) is 43.4 Å². The number of para-hydroxylation sites is 1. The number of hydrogen-bond donors (Lipinski definition) is 2. The van der Waals surface area contributed by atoms with Crippen molar-refractivity contribution in [3.63, 3.8) is 0 Å². The van der Waals surface area contributed by atoms with Gasteiger partial charge in [-0.05, 0) is 36.6 Å². The molecule has 0 amide bonds. The third-order valence-electron chi connectivity index (χ3n) is 5.53. The lowest BCUT2D eigenvalue weighted by Gasteiger charge is -2.16. The minimum atomic E-state index is -0.965. The molecule has 1 saturated carbocycles. The van der Waals surface area contributed by atoms with E-state index < -0.39 is 18.2 Å². The summed E-state index contributed by atoms with van der Waals surface area (Å²) in [6.07, 6.45) is 3.72. The average molecular weight is 435 g/mol. The van der Waals surface area contributed by atoms with Gasteiger partial charge in [-0.15, -0.1) is 0 Å². The van der Waals surface area contributed by atoms with E-state index in [0.29, 0.717) is 5.92 Å². The largest absolute Gasteiger partial charge is 0.463 e. The van der Waals surface area contributed by atoms with Crippen LogP contribution in [0.15, 0.2) is 54.6 Å². The number of fused-ring (bicyclic) bond motifs is 1. The first-order chi connectivity index (χ1) is 15.4. The lowest BCUT2D eigenvalue weighted by molar-refractivity contribution is -0.144. The molecule has 0 radical (unpaired) electrons. The van der Waals surface area contributed by atoms with E-state index in [1.807, 2.05) is 30.3 Å². The molecule has 6 heteroatoms. The number of nitrogens with zero attached hydrogens (tertiary/aromatic N) is 1. The molecule has 2 N–H and O–H groups in total. The monoisotopic (exact) mass is 435 g/mol. The van der Waals surface area contributed by atoms with E-state index in [-0.39, 0.29) is 18.8 Å². The average Bonchev–Trinajstić information content (AvgIpc) is 3.61. The van der Waals surface area contributed by atoms with Crippen molar-refractivity contribution in [1.29, 1.82) is 0 Å². The van der Waals surface area contributed by atoms with E-state index in [2.05, 4.69) is 0 Å². The Morgan fingerprint density at radius 1 is 1.19 bits per heavy atom. The number of carbonyl (C=O) groups is 1. The fourth-order valence-corrected chi connectivity index (χ4v) is 3.86. The Morgan fingerprint density at radius 2 is 1.91 bits per heavy atom. The minimum absolute atomic E-state index is 0.0371. The predicted molar refractivity (Wildman–Crippen MR) is 121 cm³/mol. The van der Waals surface area contributed by atoms with Crippen molar-refractivity contribution >= 4 is 22.9 Å². The molecule has 2 atom stereocenters. The number of aromatic nitrogens is 1. The van der Waals surface area contributed by atoms with Gasteiger partial charge >= 0.3 is 5.97 Å². The zero-order valence-corrected chi connectivity index (χ0v) is 17.9. The molecular formula is C26H26FNO4. The van der Waals surface area contributed by atoms with Crippen molar-refractivity contribution in [1.82, 2.24) is 4.98 Å². The summed E-state index contributed by atoms with van der Waals surface area (Å²) < 4.78 is 18.4. The Morgan fingerprint density at radius 3 is 2.59 bits per heavy atom. The van der Waals surface area contributed by atoms with Crippen LogP contribution < -0.4 is 0 Å². The Balaban J connectivity index is 1.73. The van der Waals surface area contributed by atoms with E-state index in [4.69, 9.17) is 9.72 Å². The lowest BCUT2D eigenvalue weighted by atomic mass is 9.92. The van der Waals surface area contributed by atoms with E-state index >= 15 is 0 Å². The number of halogens is 1. The molecule has 1 aliphatic carbocycles. The molecule has 1 heterocycles. The van der Waals surface area contributed by atoms with Crippen LogP contribution >= 0.6 is 0 Å². The van der Waals surface area contributed by atoms with Gasteiger partial charge in [0, 0.05) is 35.8 Å². The zero-order chi connectivity index (χ0) is 22.7. The first-order valence-corrected chi connectivity index (χ1v) is 10.8. The fourth-order valence-electron chi connectivity index (χ4n) is 3.86. The molecule has 1 aliphatic rings. The van der Waals surface area contributed by atoms with Gasteiger partial charge in [-0.25, -0.2) is 4.39 Å². The zero-order valence-electron chi connectivity index (χ0n) is 17.9. The normalized spacial score (nSPS) is 15.8. The van der Waals surface area contributed by atoms with Gasteiger partial charge in [0.25, 0.3) is 0 Å². The van der Waals surface area contributed by atoms with Crippen LogP contribution in [0.4, 0.5) is 4.39 Å². The summed E-state index contributed by atoms with van der Waals surface area (Å²) >= 11 is 0. The van der Waals surface area contributed by atoms with Crippen molar-refractivity contribution in [3.8, 4) is 11.1 Å². The Kier molecular flexibility index (Phi) is 6.63. The van der Waals surface area contributed by atoms with Gasteiger partial charge in [0.15, 0.2) is 0 Å². The van der Waals surface area contributed by atoms with Gasteiger partial charge in [-0.3, -0.25) is 9.78 Å². The van der Waals surface area contributed by atoms with Crippen LogP contribution in [-0.4, -0.2) is 40.0 Å². The number of carbonyl (C=O) groups excluding carboxylic acids is 1. The summed E-state index contributed by atoms with van der Waals surface area (Å²) in [5.41, 5.74) is 4.55. The quantitative estimate of drug-likeness (QED) is 0.505. The molecule has 1 aromatic heterocycles. The summed E-state index contributed by atoms with van der Waals surface area (Å²) in [7, 11) is 0. The molecule has 32 heavy (non-hydrogen) atoms. The molecular weight excluding hydrogens is 409 g/mol. The second-order valence-corrected chi connectivity index (χ2v) is 8.20. The van der Waals surface area contributed by atoms with Gasteiger partial charge in [0.1, 0.15) is 12.4 Å². The number of rotatable bonds is 8. The standard InChI is InChI=1S/C26H26FNO4/c1-16(29)32-15-21(31)14-20(30)12-13-23-25(17-8-10-19(27)11-9-17)22-4-2-3-5-24(22)28-26(23)18-6-7-18/h2-5,8-13,18,20-21,30-31H,6-7,14-15H2,1H3/b13-12+/t20-,21-/m1/s1. The van der Waals surface area contributed by atoms with Crippen LogP contribution in [0.5, 0.6) is 0 Å². The molecule has 0 bridgehead atoms. The Labute approximate surface area is 186 Å². The van der Waals surface area contributed by atoms with Gasteiger partial charge in [-0.2, -0.15) is 0 Å². The van der Waals surface area contributed by atoms with Crippen LogP contribution in [0.3, 0.4) is 0 Å². The van der Waals surface area contributed by atoms with Crippen molar-refractivity contribution in [2.45, 2.75) is 44.3 Å². The van der Waals surface area contributed by atoms with Crippen LogP contribution in [-0.2, 0) is 9.53 Å².